The van der Waals surface area contributed by atoms with Gasteiger partial charge in [-0.05, 0) is 97.1 Å². The lowest BCUT2D eigenvalue weighted by Gasteiger charge is -2.24. The van der Waals surface area contributed by atoms with E-state index in [0.717, 1.165) is 38.9 Å². The third-order valence-electron chi connectivity index (χ3n) is 12.3. The Morgan fingerprint density at radius 3 is 1.64 bits per heavy atom. The highest BCUT2D eigenvalue weighted by Crippen LogP contribution is 2.56. The molecule has 2 heterocycles. The molecule has 3 heteroatoms. The molecule has 0 radical (unpaired) electrons. The SMILES string of the molecule is CC1(C)c2ccccc2-c2cc3c(cc21)-c1ccc(-c2ccc(-c4ccc(-c5nc(-c6ccccc6)nc6c5oc5ccccc56)cc4)cc2)cc1C3(C)C. The highest BCUT2D eigenvalue weighted by atomic mass is 16.3. The number of aromatic nitrogens is 2. The van der Waals surface area contributed by atoms with E-state index >= 15 is 0 Å². The number of fused-ring (bicyclic) bond motifs is 9. The number of para-hydroxylation sites is 1. The summed E-state index contributed by atoms with van der Waals surface area (Å²) >= 11 is 0. The van der Waals surface area contributed by atoms with Gasteiger partial charge in [-0.3, -0.25) is 0 Å². The molecule has 0 saturated carbocycles. The normalized spacial score (nSPS) is 14.5. The Morgan fingerprint density at radius 1 is 0.400 bits per heavy atom. The summed E-state index contributed by atoms with van der Waals surface area (Å²) in [7, 11) is 0. The fourth-order valence-electron chi connectivity index (χ4n) is 9.29. The highest BCUT2D eigenvalue weighted by molar-refractivity contribution is 6.07. The molecule has 7 aromatic carbocycles. The number of benzene rings is 7. The summed E-state index contributed by atoms with van der Waals surface area (Å²) < 4.78 is 6.37. The van der Waals surface area contributed by atoms with Crippen molar-refractivity contribution in [2.75, 3.05) is 0 Å². The minimum atomic E-state index is -0.0987. The van der Waals surface area contributed by atoms with Gasteiger partial charge < -0.3 is 4.42 Å². The lowest BCUT2D eigenvalue weighted by atomic mass is 9.79. The first-order valence-electron chi connectivity index (χ1n) is 19.2. The average molecular weight is 707 g/mol. The number of furan rings is 1. The highest BCUT2D eigenvalue weighted by Gasteiger charge is 2.41. The minimum absolute atomic E-state index is 0.0152. The van der Waals surface area contributed by atoms with E-state index in [9.17, 15) is 0 Å². The summed E-state index contributed by atoms with van der Waals surface area (Å²) in [5, 5.41) is 0.991. The van der Waals surface area contributed by atoms with E-state index in [1.165, 1.54) is 61.2 Å². The van der Waals surface area contributed by atoms with Crippen molar-refractivity contribution in [1.82, 2.24) is 9.97 Å². The van der Waals surface area contributed by atoms with E-state index in [1.54, 1.807) is 0 Å². The maximum Gasteiger partial charge on any atom is 0.180 e. The number of rotatable bonds is 4. The molecule has 0 unspecified atom stereocenters. The zero-order valence-corrected chi connectivity index (χ0v) is 31.3. The van der Waals surface area contributed by atoms with Gasteiger partial charge >= 0.3 is 0 Å². The van der Waals surface area contributed by atoms with Crippen molar-refractivity contribution in [3.05, 3.63) is 180 Å². The minimum Gasteiger partial charge on any atom is -0.452 e. The summed E-state index contributed by atoms with van der Waals surface area (Å²) in [6, 6.07) is 56.8. The van der Waals surface area contributed by atoms with Crippen LogP contribution in [0.2, 0.25) is 0 Å². The molecule has 9 aromatic rings. The summed E-state index contributed by atoms with van der Waals surface area (Å²) in [4.78, 5) is 10.0. The van der Waals surface area contributed by atoms with Gasteiger partial charge in [-0.25, -0.2) is 9.97 Å². The first-order valence-corrected chi connectivity index (χ1v) is 19.2. The third kappa shape index (κ3) is 4.69. The van der Waals surface area contributed by atoms with Crippen LogP contribution in [0.25, 0.3) is 89.2 Å². The van der Waals surface area contributed by atoms with Crippen LogP contribution in [0.4, 0.5) is 0 Å². The predicted octanol–water partition coefficient (Wildman–Crippen LogP) is 13.7. The quantitative estimate of drug-likeness (QED) is 0.183. The van der Waals surface area contributed by atoms with Crippen molar-refractivity contribution in [2.24, 2.45) is 0 Å². The van der Waals surface area contributed by atoms with Crippen LogP contribution in [0.3, 0.4) is 0 Å². The van der Waals surface area contributed by atoms with Crippen molar-refractivity contribution in [2.45, 2.75) is 38.5 Å². The smallest absolute Gasteiger partial charge is 0.180 e. The second kappa shape index (κ2) is 11.5. The molecule has 2 aromatic heterocycles. The van der Waals surface area contributed by atoms with Crippen molar-refractivity contribution in [3.63, 3.8) is 0 Å². The monoisotopic (exact) mass is 706 g/mol. The standard InChI is InChI=1S/C52H38N2O/c1-51(2)42-16-10-8-14-37(42)40-29-45-41(30-44(40)51)38-27-26-36(28-43(38)52(45,3)4)33-20-18-31(19-21-33)32-22-24-34(25-23-32)47-49-48(39-15-9-11-17-46(39)55-49)54-50(53-47)35-12-6-5-7-13-35/h5-30H,1-4H3. The number of hydrogen-bond acceptors (Lipinski definition) is 3. The van der Waals surface area contributed by atoms with Crippen LogP contribution in [0.5, 0.6) is 0 Å². The van der Waals surface area contributed by atoms with Gasteiger partial charge in [-0.15, -0.1) is 0 Å². The van der Waals surface area contributed by atoms with Crippen LogP contribution in [0.15, 0.2) is 162 Å². The summed E-state index contributed by atoms with van der Waals surface area (Å²) in [6.45, 7) is 9.50. The van der Waals surface area contributed by atoms with Gasteiger partial charge in [-0.1, -0.05) is 155 Å². The zero-order valence-electron chi connectivity index (χ0n) is 31.3. The van der Waals surface area contributed by atoms with Crippen molar-refractivity contribution >= 4 is 22.1 Å². The van der Waals surface area contributed by atoms with Gasteiger partial charge in [0.2, 0.25) is 0 Å². The molecule has 55 heavy (non-hydrogen) atoms. The molecule has 0 saturated heterocycles. The van der Waals surface area contributed by atoms with Crippen LogP contribution in [-0.2, 0) is 10.8 Å². The lowest BCUT2D eigenvalue weighted by Crippen LogP contribution is -2.17. The Hall–Kier alpha value is -6.58. The molecular weight excluding hydrogens is 669 g/mol. The maximum absolute atomic E-state index is 6.37. The van der Waals surface area contributed by atoms with Gasteiger partial charge in [0.15, 0.2) is 11.4 Å². The van der Waals surface area contributed by atoms with E-state index in [0.29, 0.717) is 11.4 Å². The van der Waals surface area contributed by atoms with Crippen LogP contribution in [0, 0.1) is 0 Å². The van der Waals surface area contributed by atoms with E-state index in [4.69, 9.17) is 14.4 Å². The Morgan fingerprint density at radius 2 is 0.927 bits per heavy atom. The van der Waals surface area contributed by atoms with Gasteiger partial charge in [0.1, 0.15) is 16.8 Å². The molecule has 3 nitrogen and oxygen atoms in total. The molecule has 11 rings (SSSR count). The molecule has 2 aliphatic rings. The Labute approximate surface area is 321 Å². The van der Waals surface area contributed by atoms with E-state index in [1.807, 2.05) is 48.5 Å². The summed E-state index contributed by atoms with van der Waals surface area (Å²) in [5.41, 5.74) is 20.9. The fourth-order valence-corrected chi connectivity index (χ4v) is 9.29. The van der Waals surface area contributed by atoms with Crippen LogP contribution < -0.4 is 0 Å². The molecule has 0 bridgehead atoms. The van der Waals surface area contributed by atoms with Gasteiger partial charge in [0.25, 0.3) is 0 Å². The van der Waals surface area contributed by atoms with E-state index < -0.39 is 0 Å². The summed E-state index contributed by atoms with van der Waals surface area (Å²) in [5.74, 6) is 0.687. The molecule has 0 aliphatic heterocycles. The van der Waals surface area contributed by atoms with Crippen LogP contribution >= 0.6 is 0 Å². The Kier molecular flexibility index (Phi) is 6.65. The van der Waals surface area contributed by atoms with Crippen molar-refractivity contribution in [3.8, 4) is 67.2 Å². The first-order chi connectivity index (χ1) is 26.8. The molecule has 2 aliphatic carbocycles. The third-order valence-corrected chi connectivity index (χ3v) is 12.3. The van der Waals surface area contributed by atoms with Gasteiger partial charge in [0, 0.05) is 27.3 Å². The van der Waals surface area contributed by atoms with Crippen molar-refractivity contribution < 1.29 is 4.42 Å². The molecular formula is C52H38N2O. The lowest BCUT2D eigenvalue weighted by molar-refractivity contribution is 0.652. The zero-order chi connectivity index (χ0) is 37.1. The molecule has 0 spiro atoms. The number of hydrogen-bond donors (Lipinski definition) is 0. The van der Waals surface area contributed by atoms with E-state index in [2.05, 4.69) is 137 Å². The predicted molar refractivity (Wildman–Crippen MR) is 226 cm³/mol. The van der Waals surface area contributed by atoms with Crippen molar-refractivity contribution in [1.29, 1.82) is 0 Å². The van der Waals surface area contributed by atoms with Crippen LogP contribution in [0.1, 0.15) is 49.9 Å². The number of nitrogens with zero attached hydrogens (tertiary/aromatic N) is 2. The first kappa shape index (κ1) is 31.9. The average Bonchev–Trinajstić information content (AvgIpc) is 3.80. The molecule has 0 atom stereocenters. The molecule has 0 N–H and O–H groups in total. The Balaban J connectivity index is 0.915. The van der Waals surface area contributed by atoms with Gasteiger partial charge in [0.05, 0.1) is 0 Å². The maximum atomic E-state index is 6.37. The molecule has 0 amide bonds. The fraction of sp³-hybridized carbons (Fsp3) is 0.115. The topological polar surface area (TPSA) is 38.9 Å². The summed E-state index contributed by atoms with van der Waals surface area (Å²) in [6.07, 6.45) is 0. The van der Waals surface area contributed by atoms with Crippen LogP contribution in [-0.4, -0.2) is 9.97 Å². The molecule has 262 valence electrons. The second-order valence-corrected chi connectivity index (χ2v) is 16.2. The van der Waals surface area contributed by atoms with E-state index in [-0.39, 0.29) is 10.8 Å². The Bertz CT molecular complexity index is 3000. The van der Waals surface area contributed by atoms with Gasteiger partial charge in [-0.2, -0.15) is 0 Å². The molecule has 0 fully saturated rings. The second-order valence-electron chi connectivity index (χ2n) is 16.2. The largest absolute Gasteiger partial charge is 0.452 e.